The maximum absolute atomic E-state index is 11.9. The molecular formula is C12H18N2O3S. The lowest BCUT2D eigenvalue weighted by molar-refractivity contribution is 0.417. The van der Waals surface area contributed by atoms with Gasteiger partial charge in [-0.3, -0.25) is 4.72 Å². The summed E-state index contributed by atoms with van der Waals surface area (Å²) >= 11 is 0. The van der Waals surface area contributed by atoms with Crippen molar-refractivity contribution in [1.82, 2.24) is 0 Å². The molecule has 0 aromatic heterocycles. The fourth-order valence-corrected chi connectivity index (χ4v) is 2.99. The number of sulfonamides is 1. The monoisotopic (exact) mass is 270 g/mol. The second kappa shape index (κ2) is 5.06. The van der Waals surface area contributed by atoms with Crippen LogP contribution in [0.4, 0.5) is 11.4 Å². The molecule has 1 fully saturated rings. The summed E-state index contributed by atoms with van der Waals surface area (Å²) < 4.78 is 31.4. The highest BCUT2D eigenvalue weighted by molar-refractivity contribution is 7.92. The van der Waals surface area contributed by atoms with Crippen LogP contribution in [0.15, 0.2) is 18.2 Å². The molecule has 1 aromatic carbocycles. The molecule has 0 unspecified atom stereocenters. The smallest absolute Gasteiger partial charge is 0.232 e. The van der Waals surface area contributed by atoms with Crippen molar-refractivity contribution in [3.8, 4) is 5.75 Å². The van der Waals surface area contributed by atoms with E-state index in [0.717, 1.165) is 19.3 Å². The van der Waals surface area contributed by atoms with Gasteiger partial charge >= 0.3 is 0 Å². The molecule has 5 nitrogen and oxygen atoms in total. The van der Waals surface area contributed by atoms with Gasteiger partial charge in [0, 0.05) is 5.69 Å². The minimum absolute atomic E-state index is 0.148. The molecule has 0 aliphatic heterocycles. The summed E-state index contributed by atoms with van der Waals surface area (Å²) in [6, 6.07) is 4.88. The largest absolute Gasteiger partial charge is 0.495 e. The Morgan fingerprint density at radius 2 is 2.17 bits per heavy atom. The van der Waals surface area contributed by atoms with Gasteiger partial charge in [0.05, 0.1) is 18.6 Å². The minimum Gasteiger partial charge on any atom is -0.495 e. The van der Waals surface area contributed by atoms with Gasteiger partial charge in [0.2, 0.25) is 10.0 Å². The Morgan fingerprint density at radius 3 is 2.78 bits per heavy atom. The Balaban J connectivity index is 2.08. The van der Waals surface area contributed by atoms with Crippen molar-refractivity contribution in [3.05, 3.63) is 18.2 Å². The van der Waals surface area contributed by atoms with E-state index < -0.39 is 10.0 Å². The molecule has 1 aromatic rings. The fraction of sp³-hybridized carbons (Fsp3) is 0.500. The van der Waals surface area contributed by atoms with Gasteiger partial charge < -0.3 is 10.5 Å². The normalized spacial score (nSPS) is 15.4. The highest BCUT2D eigenvalue weighted by Gasteiger charge is 2.24. The van der Waals surface area contributed by atoms with Crippen LogP contribution in [0.2, 0.25) is 0 Å². The van der Waals surface area contributed by atoms with E-state index in [1.165, 1.54) is 7.11 Å². The second-order valence-corrected chi connectivity index (χ2v) is 6.45. The van der Waals surface area contributed by atoms with Crippen LogP contribution in [0.1, 0.15) is 19.3 Å². The zero-order valence-corrected chi connectivity index (χ0v) is 11.2. The lowest BCUT2D eigenvalue weighted by Gasteiger charge is -2.12. The molecule has 0 bridgehead atoms. The number of nitrogens with two attached hydrogens (primary N) is 1. The first-order valence-corrected chi connectivity index (χ1v) is 7.59. The van der Waals surface area contributed by atoms with E-state index in [2.05, 4.69) is 4.72 Å². The van der Waals surface area contributed by atoms with Gasteiger partial charge in [-0.25, -0.2) is 8.42 Å². The summed E-state index contributed by atoms with van der Waals surface area (Å²) in [5.41, 5.74) is 6.54. The third-order valence-electron chi connectivity index (χ3n) is 2.98. The summed E-state index contributed by atoms with van der Waals surface area (Å²) in [7, 11) is -1.83. The highest BCUT2D eigenvalue weighted by atomic mass is 32.2. The Labute approximate surface area is 107 Å². The first-order valence-electron chi connectivity index (χ1n) is 5.94. The van der Waals surface area contributed by atoms with Gasteiger partial charge in [-0.2, -0.15) is 0 Å². The number of nitrogens with one attached hydrogen (secondary N) is 1. The zero-order chi connectivity index (χ0) is 13.2. The maximum Gasteiger partial charge on any atom is 0.232 e. The second-order valence-electron chi connectivity index (χ2n) is 4.61. The van der Waals surface area contributed by atoms with Crippen LogP contribution in [0.25, 0.3) is 0 Å². The molecule has 0 radical (unpaired) electrons. The van der Waals surface area contributed by atoms with Crippen molar-refractivity contribution in [1.29, 1.82) is 0 Å². The van der Waals surface area contributed by atoms with Crippen LogP contribution in [0.3, 0.4) is 0 Å². The van der Waals surface area contributed by atoms with Crippen LogP contribution < -0.4 is 15.2 Å². The Kier molecular flexibility index (Phi) is 3.65. The third kappa shape index (κ3) is 3.53. The van der Waals surface area contributed by atoms with Crippen molar-refractivity contribution >= 4 is 21.4 Å². The number of nitrogen functional groups attached to an aromatic ring is 1. The first-order chi connectivity index (χ1) is 8.50. The molecule has 18 heavy (non-hydrogen) atoms. The summed E-state index contributed by atoms with van der Waals surface area (Å²) in [4.78, 5) is 0. The molecule has 6 heteroatoms. The molecule has 0 saturated heterocycles. The van der Waals surface area contributed by atoms with E-state index in [9.17, 15) is 8.42 Å². The molecule has 100 valence electrons. The quantitative estimate of drug-likeness (QED) is 0.773. The van der Waals surface area contributed by atoms with Crippen molar-refractivity contribution < 1.29 is 13.2 Å². The summed E-state index contributed by atoms with van der Waals surface area (Å²) in [5, 5.41) is 0. The van der Waals surface area contributed by atoms with Crippen molar-refractivity contribution in [3.63, 3.8) is 0 Å². The molecular weight excluding hydrogens is 252 g/mol. The minimum atomic E-state index is -3.32. The molecule has 0 amide bonds. The van der Waals surface area contributed by atoms with Crippen LogP contribution in [0, 0.1) is 5.92 Å². The van der Waals surface area contributed by atoms with E-state index in [4.69, 9.17) is 10.5 Å². The van der Waals surface area contributed by atoms with Crippen LogP contribution in [-0.4, -0.2) is 21.3 Å². The summed E-state index contributed by atoms with van der Waals surface area (Å²) in [5.74, 6) is 1.21. The lowest BCUT2D eigenvalue weighted by Crippen LogP contribution is -2.17. The average Bonchev–Trinajstić information content (AvgIpc) is 3.10. The first kappa shape index (κ1) is 13.0. The van der Waals surface area contributed by atoms with Gasteiger partial charge in [-0.15, -0.1) is 0 Å². The molecule has 0 spiro atoms. The zero-order valence-electron chi connectivity index (χ0n) is 10.3. The molecule has 2 rings (SSSR count). The van der Waals surface area contributed by atoms with Crippen molar-refractivity contribution in [2.24, 2.45) is 5.92 Å². The average molecular weight is 270 g/mol. The topological polar surface area (TPSA) is 81.4 Å². The number of anilines is 2. The number of ether oxygens (including phenoxy) is 1. The number of hydrogen-bond acceptors (Lipinski definition) is 4. The third-order valence-corrected chi connectivity index (χ3v) is 4.28. The van der Waals surface area contributed by atoms with Gasteiger partial charge in [-0.1, -0.05) is 12.8 Å². The molecule has 1 aliphatic rings. The highest BCUT2D eigenvalue weighted by Crippen LogP contribution is 2.33. The lowest BCUT2D eigenvalue weighted by atomic mass is 10.2. The molecule has 1 saturated carbocycles. The SMILES string of the molecule is COc1ccc(N)cc1NS(=O)(=O)CCC1CC1. The van der Waals surface area contributed by atoms with Crippen LogP contribution >= 0.6 is 0 Å². The number of methoxy groups -OCH3 is 1. The molecule has 1 aliphatic carbocycles. The summed E-state index contributed by atoms with van der Waals surface area (Å²) in [6.07, 6.45) is 3.02. The molecule has 3 N–H and O–H groups in total. The number of hydrogen-bond donors (Lipinski definition) is 2. The number of rotatable bonds is 6. The van der Waals surface area contributed by atoms with E-state index in [1.54, 1.807) is 18.2 Å². The Morgan fingerprint density at radius 1 is 1.44 bits per heavy atom. The Hall–Kier alpha value is -1.43. The molecule has 0 heterocycles. The predicted molar refractivity (Wildman–Crippen MR) is 72.2 cm³/mol. The summed E-state index contributed by atoms with van der Waals surface area (Å²) in [6.45, 7) is 0. The number of benzene rings is 1. The molecule has 0 atom stereocenters. The van der Waals surface area contributed by atoms with E-state index in [-0.39, 0.29) is 5.75 Å². The van der Waals surface area contributed by atoms with Crippen molar-refractivity contribution in [2.45, 2.75) is 19.3 Å². The van der Waals surface area contributed by atoms with Gasteiger partial charge in [0.25, 0.3) is 0 Å². The van der Waals surface area contributed by atoms with Crippen LogP contribution in [0.5, 0.6) is 5.75 Å². The van der Waals surface area contributed by atoms with E-state index in [1.807, 2.05) is 0 Å². The van der Waals surface area contributed by atoms with Gasteiger partial charge in [0.1, 0.15) is 5.75 Å². The van der Waals surface area contributed by atoms with E-state index in [0.29, 0.717) is 23.0 Å². The Bertz CT molecular complexity index is 524. The van der Waals surface area contributed by atoms with Crippen molar-refractivity contribution in [2.75, 3.05) is 23.3 Å². The van der Waals surface area contributed by atoms with Crippen LogP contribution in [-0.2, 0) is 10.0 Å². The predicted octanol–water partition coefficient (Wildman–Crippen LogP) is 1.82. The fourth-order valence-electron chi connectivity index (χ4n) is 1.75. The maximum atomic E-state index is 11.9. The standard InChI is InChI=1S/C12H18N2O3S/c1-17-12-5-4-10(13)8-11(12)14-18(15,16)7-6-9-2-3-9/h4-5,8-9,14H,2-3,6-7,13H2,1H3. The van der Waals surface area contributed by atoms with Gasteiger partial charge in [-0.05, 0) is 30.5 Å². The van der Waals surface area contributed by atoms with E-state index >= 15 is 0 Å². The van der Waals surface area contributed by atoms with Gasteiger partial charge in [0.15, 0.2) is 0 Å².